The maximum absolute atomic E-state index is 14.7. The summed E-state index contributed by atoms with van der Waals surface area (Å²) in [6, 6.07) is 6.16. The number of ether oxygens (including phenoxy) is 1. The Morgan fingerprint density at radius 3 is 2.72 bits per heavy atom. The van der Waals surface area contributed by atoms with Crippen LogP contribution < -0.4 is 10.1 Å². The summed E-state index contributed by atoms with van der Waals surface area (Å²) < 4.78 is 22.5. The summed E-state index contributed by atoms with van der Waals surface area (Å²) >= 11 is 0. The Labute approximate surface area is 168 Å². The van der Waals surface area contributed by atoms with E-state index in [2.05, 4.69) is 25.4 Å². The molecule has 0 spiro atoms. The van der Waals surface area contributed by atoms with Crippen molar-refractivity contribution in [1.82, 2.24) is 30.0 Å². The fourth-order valence-electron chi connectivity index (χ4n) is 4.37. The van der Waals surface area contributed by atoms with Gasteiger partial charge >= 0.3 is 0 Å². The molecule has 8 heteroatoms. The molecular weight excluding hydrogens is 371 g/mol. The van der Waals surface area contributed by atoms with Gasteiger partial charge in [-0.3, -0.25) is 0 Å². The van der Waals surface area contributed by atoms with E-state index in [1.54, 1.807) is 12.4 Å². The molecule has 1 aromatic carbocycles. The number of halogens is 1. The molecule has 1 N–H and O–H groups in total. The van der Waals surface area contributed by atoms with Crippen LogP contribution in [0.15, 0.2) is 37.2 Å². The molecule has 0 radical (unpaired) electrons. The van der Waals surface area contributed by atoms with Crippen LogP contribution in [0.1, 0.15) is 42.5 Å². The quantitative estimate of drug-likeness (QED) is 0.717. The predicted octanol–water partition coefficient (Wildman–Crippen LogP) is 2.76. The minimum absolute atomic E-state index is 0.175. The van der Waals surface area contributed by atoms with Gasteiger partial charge in [0.25, 0.3) is 0 Å². The molecule has 0 aliphatic carbocycles. The first-order valence-corrected chi connectivity index (χ1v) is 10.0. The highest BCUT2D eigenvalue weighted by molar-refractivity contribution is 5.38. The van der Waals surface area contributed by atoms with E-state index < -0.39 is 0 Å². The molecule has 7 nitrogen and oxygen atoms in total. The van der Waals surface area contributed by atoms with E-state index in [1.165, 1.54) is 36.2 Å². The number of nitrogens with zero attached hydrogens (tertiary/aromatic N) is 5. The summed E-state index contributed by atoms with van der Waals surface area (Å²) in [5, 5.41) is 7.66. The predicted molar refractivity (Wildman–Crippen MR) is 104 cm³/mol. The smallest absolute Gasteiger partial charge is 0.219 e. The van der Waals surface area contributed by atoms with Crippen molar-refractivity contribution in [3.05, 3.63) is 59.8 Å². The number of hydrogen-bond donors (Lipinski definition) is 1. The fourth-order valence-corrected chi connectivity index (χ4v) is 4.37. The second-order valence-electron chi connectivity index (χ2n) is 7.89. The minimum Gasteiger partial charge on any atom is -0.474 e. The SMILES string of the molecule is Cc1c(Cc2ccc(-n3cncn3)cc2F)ncnc1OC1CC2CCC(C1)N2. The summed E-state index contributed by atoms with van der Waals surface area (Å²) in [6.45, 7) is 1.95. The first-order valence-electron chi connectivity index (χ1n) is 10.0. The number of rotatable bonds is 5. The monoisotopic (exact) mass is 394 g/mol. The molecule has 0 amide bonds. The Balaban J connectivity index is 1.33. The number of hydrogen-bond acceptors (Lipinski definition) is 6. The highest BCUT2D eigenvalue weighted by Crippen LogP contribution is 2.30. The topological polar surface area (TPSA) is 77.8 Å². The van der Waals surface area contributed by atoms with Crippen LogP contribution in [-0.4, -0.2) is 42.9 Å². The zero-order chi connectivity index (χ0) is 19.8. The Hall–Kier alpha value is -2.87. The second-order valence-corrected chi connectivity index (χ2v) is 7.89. The standard InChI is InChI=1S/C21H23FN6O/c1-13-20(6-14-2-5-17(9-19(14)22)28-12-23-10-26-28)24-11-25-21(13)29-18-7-15-3-4-16(8-18)27-15/h2,5,9-12,15-16,18,27H,3-4,6-8H2,1H3. The third-order valence-electron chi connectivity index (χ3n) is 5.93. The van der Waals surface area contributed by atoms with Crippen molar-refractivity contribution >= 4 is 0 Å². The molecule has 0 saturated carbocycles. The molecule has 29 heavy (non-hydrogen) atoms. The summed E-state index contributed by atoms with van der Waals surface area (Å²) in [6.07, 6.45) is 9.49. The van der Waals surface area contributed by atoms with E-state index in [0.29, 0.717) is 35.6 Å². The Morgan fingerprint density at radius 1 is 1.17 bits per heavy atom. The van der Waals surface area contributed by atoms with E-state index >= 15 is 0 Å². The number of piperidine rings is 1. The molecule has 4 heterocycles. The van der Waals surface area contributed by atoms with Crippen LogP contribution in [0.25, 0.3) is 5.69 Å². The molecule has 2 fully saturated rings. The van der Waals surface area contributed by atoms with Crippen LogP contribution in [0.5, 0.6) is 5.88 Å². The molecule has 5 rings (SSSR count). The van der Waals surface area contributed by atoms with Gasteiger partial charge in [0.1, 0.15) is 30.9 Å². The van der Waals surface area contributed by atoms with Crippen LogP contribution in [-0.2, 0) is 6.42 Å². The molecule has 2 unspecified atom stereocenters. The second kappa shape index (κ2) is 7.51. The fraction of sp³-hybridized carbons (Fsp3) is 0.429. The van der Waals surface area contributed by atoms with Gasteiger partial charge in [0, 0.05) is 24.1 Å². The summed E-state index contributed by atoms with van der Waals surface area (Å²) in [5.74, 6) is 0.314. The van der Waals surface area contributed by atoms with Crippen LogP contribution in [0.2, 0.25) is 0 Å². The summed E-state index contributed by atoms with van der Waals surface area (Å²) in [5.41, 5.74) is 2.85. The van der Waals surface area contributed by atoms with Gasteiger partial charge in [-0.15, -0.1) is 0 Å². The zero-order valence-corrected chi connectivity index (χ0v) is 16.3. The van der Waals surface area contributed by atoms with Gasteiger partial charge in [0.2, 0.25) is 5.88 Å². The lowest BCUT2D eigenvalue weighted by atomic mass is 10.0. The van der Waals surface area contributed by atoms with E-state index in [4.69, 9.17) is 4.74 Å². The van der Waals surface area contributed by atoms with Crippen LogP contribution in [0, 0.1) is 12.7 Å². The molecule has 150 valence electrons. The maximum Gasteiger partial charge on any atom is 0.219 e. The van der Waals surface area contributed by atoms with Crippen molar-refractivity contribution in [1.29, 1.82) is 0 Å². The third kappa shape index (κ3) is 3.72. The number of aromatic nitrogens is 5. The van der Waals surface area contributed by atoms with Crippen molar-refractivity contribution in [3.8, 4) is 11.6 Å². The molecular formula is C21H23FN6O. The first kappa shape index (κ1) is 18.2. The Morgan fingerprint density at radius 2 is 2.00 bits per heavy atom. The Bertz CT molecular complexity index is 996. The number of nitrogens with one attached hydrogen (secondary N) is 1. The van der Waals surface area contributed by atoms with Crippen molar-refractivity contribution < 1.29 is 9.13 Å². The summed E-state index contributed by atoms with van der Waals surface area (Å²) in [4.78, 5) is 12.6. The highest BCUT2D eigenvalue weighted by Gasteiger charge is 2.34. The van der Waals surface area contributed by atoms with Gasteiger partial charge < -0.3 is 10.1 Å². The molecule has 2 aliphatic heterocycles. The third-order valence-corrected chi connectivity index (χ3v) is 5.93. The van der Waals surface area contributed by atoms with E-state index in [0.717, 1.165) is 24.1 Å². The van der Waals surface area contributed by atoms with Crippen molar-refractivity contribution in [3.63, 3.8) is 0 Å². The minimum atomic E-state index is -0.298. The van der Waals surface area contributed by atoms with E-state index in [-0.39, 0.29) is 11.9 Å². The van der Waals surface area contributed by atoms with Gasteiger partial charge in [-0.05, 0) is 50.3 Å². The van der Waals surface area contributed by atoms with Gasteiger partial charge in [-0.2, -0.15) is 5.10 Å². The molecule has 2 atom stereocenters. The first-order chi connectivity index (χ1) is 14.2. The largest absolute Gasteiger partial charge is 0.474 e. The van der Waals surface area contributed by atoms with Gasteiger partial charge in [0.05, 0.1) is 11.4 Å². The average molecular weight is 394 g/mol. The van der Waals surface area contributed by atoms with Crippen molar-refractivity contribution in [2.45, 2.75) is 57.2 Å². The number of fused-ring (bicyclic) bond motifs is 2. The molecule has 2 aromatic heterocycles. The normalized spacial score (nSPS) is 23.3. The molecule has 2 saturated heterocycles. The summed E-state index contributed by atoms with van der Waals surface area (Å²) in [7, 11) is 0. The van der Waals surface area contributed by atoms with Crippen LogP contribution >= 0.6 is 0 Å². The van der Waals surface area contributed by atoms with Gasteiger partial charge in [-0.1, -0.05) is 6.07 Å². The maximum atomic E-state index is 14.7. The lowest BCUT2D eigenvalue weighted by Gasteiger charge is -2.29. The number of benzene rings is 1. The van der Waals surface area contributed by atoms with Gasteiger partial charge in [0.15, 0.2) is 0 Å². The lowest BCUT2D eigenvalue weighted by molar-refractivity contribution is 0.130. The molecule has 3 aromatic rings. The van der Waals surface area contributed by atoms with Crippen LogP contribution in [0.4, 0.5) is 4.39 Å². The van der Waals surface area contributed by atoms with Crippen molar-refractivity contribution in [2.24, 2.45) is 0 Å². The average Bonchev–Trinajstić information content (AvgIpc) is 3.36. The van der Waals surface area contributed by atoms with Crippen molar-refractivity contribution in [2.75, 3.05) is 0 Å². The molecule has 2 bridgehead atoms. The highest BCUT2D eigenvalue weighted by atomic mass is 19.1. The van der Waals surface area contributed by atoms with Crippen LogP contribution in [0.3, 0.4) is 0 Å². The zero-order valence-electron chi connectivity index (χ0n) is 16.3. The Kier molecular flexibility index (Phi) is 4.71. The van der Waals surface area contributed by atoms with Gasteiger partial charge in [-0.25, -0.2) is 24.0 Å². The lowest BCUT2D eigenvalue weighted by Crippen LogP contribution is -2.42. The van der Waals surface area contributed by atoms with E-state index in [1.807, 2.05) is 13.0 Å². The van der Waals surface area contributed by atoms with E-state index in [9.17, 15) is 4.39 Å². The molecule has 2 aliphatic rings.